The van der Waals surface area contributed by atoms with Gasteiger partial charge in [0.15, 0.2) is 10.8 Å². The maximum atomic E-state index is 12.2. The highest BCUT2D eigenvalue weighted by molar-refractivity contribution is 7.13. The lowest BCUT2D eigenvalue weighted by molar-refractivity contribution is -0.115. The number of carbonyl (C=O) groups is 1. The van der Waals surface area contributed by atoms with Crippen molar-refractivity contribution >= 4 is 22.9 Å². The lowest BCUT2D eigenvalue weighted by Crippen LogP contribution is -2.15. The predicted octanol–water partition coefficient (Wildman–Crippen LogP) is 3.90. The van der Waals surface area contributed by atoms with Crippen molar-refractivity contribution in [3.63, 3.8) is 0 Å². The number of hydrogen-bond donors (Lipinski definition) is 1. The molecule has 0 saturated carbocycles. The van der Waals surface area contributed by atoms with Gasteiger partial charge < -0.3 is 14.5 Å². The SMILES string of the molecule is COc1ccc(C)cc1NC(=O)Cc1csc(-c2ccco2)n1. The molecule has 5 nitrogen and oxygen atoms in total. The predicted molar refractivity (Wildman–Crippen MR) is 89.9 cm³/mol. The number of nitrogens with zero attached hydrogens (tertiary/aromatic N) is 1. The summed E-state index contributed by atoms with van der Waals surface area (Å²) in [6.45, 7) is 1.96. The molecule has 0 fully saturated rings. The maximum absolute atomic E-state index is 12.2. The summed E-state index contributed by atoms with van der Waals surface area (Å²) in [6, 6.07) is 9.31. The second-order valence-corrected chi connectivity index (χ2v) is 5.91. The minimum atomic E-state index is -0.134. The van der Waals surface area contributed by atoms with Crippen LogP contribution in [-0.4, -0.2) is 18.0 Å². The Balaban J connectivity index is 1.69. The third-order valence-electron chi connectivity index (χ3n) is 3.25. The standard InChI is InChI=1S/C17H16N2O3S/c1-11-5-6-14(21-2)13(8-11)19-16(20)9-12-10-23-17(18-12)15-4-3-7-22-15/h3-8,10H,9H2,1-2H3,(H,19,20). The number of benzene rings is 1. The van der Waals surface area contributed by atoms with E-state index in [2.05, 4.69) is 10.3 Å². The number of rotatable bonds is 5. The number of amides is 1. The van der Waals surface area contributed by atoms with E-state index in [1.165, 1.54) is 11.3 Å². The molecule has 23 heavy (non-hydrogen) atoms. The number of ether oxygens (including phenoxy) is 1. The Bertz CT molecular complexity index is 809. The third kappa shape index (κ3) is 3.60. The summed E-state index contributed by atoms with van der Waals surface area (Å²) in [4.78, 5) is 16.7. The van der Waals surface area contributed by atoms with Crippen molar-refractivity contribution < 1.29 is 13.9 Å². The van der Waals surface area contributed by atoms with E-state index in [1.54, 1.807) is 13.4 Å². The number of carbonyl (C=O) groups excluding carboxylic acids is 1. The summed E-state index contributed by atoms with van der Waals surface area (Å²) in [6.07, 6.45) is 1.81. The van der Waals surface area contributed by atoms with Gasteiger partial charge in [0.05, 0.1) is 31.2 Å². The number of aryl methyl sites for hydroxylation is 1. The van der Waals surface area contributed by atoms with Crippen molar-refractivity contribution in [1.29, 1.82) is 0 Å². The topological polar surface area (TPSA) is 64.4 Å². The van der Waals surface area contributed by atoms with Gasteiger partial charge in [-0.1, -0.05) is 6.07 Å². The molecule has 2 aromatic heterocycles. The van der Waals surface area contributed by atoms with Crippen LogP contribution in [0.5, 0.6) is 5.75 Å². The first-order valence-electron chi connectivity index (χ1n) is 7.08. The quantitative estimate of drug-likeness (QED) is 0.771. The van der Waals surface area contributed by atoms with Crippen molar-refractivity contribution in [2.45, 2.75) is 13.3 Å². The van der Waals surface area contributed by atoms with Crippen LogP contribution in [0.15, 0.2) is 46.4 Å². The monoisotopic (exact) mass is 328 g/mol. The lowest BCUT2D eigenvalue weighted by atomic mass is 10.2. The minimum absolute atomic E-state index is 0.134. The van der Waals surface area contributed by atoms with Gasteiger partial charge in [0.1, 0.15) is 5.75 Å². The zero-order valence-corrected chi connectivity index (χ0v) is 13.6. The van der Waals surface area contributed by atoms with Crippen LogP contribution in [0, 0.1) is 6.92 Å². The number of furan rings is 1. The minimum Gasteiger partial charge on any atom is -0.495 e. The van der Waals surface area contributed by atoms with Gasteiger partial charge in [0, 0.05) is 5.38 Å². The van der Waals surface area contributed by atoms with Gasteiger partial charge in [0.25, 0.3) is 0 Å². The highest BCUT2D eigenvalue weighted by Crippen LogP contribution is 2.26. The number of methoxy groups -OCH3 is 1. The molecular weight excluding hydrogens is 312 g/mol. The zero-order chi connectivity index (χ0) is 16.2. The van der Waals surface area contributed by atoms with E-state index >= 15 is 0 Å². The molecule has 1 amide bonds. The van der Waals surface area contributed by atoms with Crippen LogP contribution >= 0.6 is 11.3 Å². The fraction of sp³-hybridized carbons (Fsp3) is 0.176. The Morgan fingerprint density at radius 1 is 1.39 bits per heavy atom. The molecule has 0 aliphatic carbocycles. The molecule has 3 aromatic rings. The molecule has 1 N–H and O–H groups in total. The molecule has 0 aliphatic heterocycles. The van der Waals surface area contributed by atoms with Gasteiger partial charge in [0.2, 0.25) is 5.91 Å². The summed E-state index contributed by atoms with van der Waals surface area (Å²) in [5, 5.41) is 5.51. The van der Waals surface area contributed by atoms with Crippen LogP contribution in [-0.2, 0) is 11.2 Å². The van der Waals surface area contributed by atoms with Crippen LogP contribution in [0.25, 0.3) is 10.8 Å². The molecule has 1 aromatic carbocycles. The van der Waals surface area contributed by atoms with Gasteiger partial charge >= 0.3 is 0 Å². The van der Waals surface area contributed by atoms with Gasteiger partial charge in [-0.25, -0.2) is 4.98 Å². The number of thiazole rings is 1. The van der Waals surface area contributed by atoms with E-state index in [0.717, 1.165) is 10.6 Å². The average molecular weight is 328 g/mol. The Morgan fingerprint density at radius 3 is 3.00 bits per heavy atom. The fourth-order valence-corrected chi connectivity index (χ4v) is 2.97. The summed E-state index contributed by atoms with van der Waals surface area (Å²) >= 11 is 1.46. The summed E-state index contributed by atoms with van der Waals surface area (Å²) < 4.78 is 10.6. The Kier molecular flexibility index (Phi) is 4.43. The first-order valence-corrected chi connectivity index (χ1v) is 7.96. The highest BCUT2D eigenvalue weighted by Gasteiger charge is 2.12. The normalized spacial score (nSPS) is 10.5. The van der Waals surface area contributed by atoms with E-state index in [-0.39, 0.29) is 12.3 Å². The molecule has 2 heterocycles. The summed E-state index contributed by atoms with van der Waals surface area (Å²) in [5.74, 6) is 1.21. The molecule has 0 unspecified atom stereocenters. The van der Waals surface area contributed by atoms with Crippen LogP contribution in [0.3, 0.4) is 0 Å². The van der Waals surface area contributed by atoms with Crippen molar-refractivity contribution in [2.75, 3.05) is 12.4 Å². The molecule has 0 saturated heterocycles. The summed E-state index contributed by atoms with van der Waals surface area (Å²) in [7, 11) is 1.58. The van der Waals surface area contributed by atoms with Crippen molar-refractivity contribution in [2.24, 2.45) is 0 Å². The number of anilines is 1. The highest BCUT2D eigenvalue weighted by atomic mass is 32.1. The van der Waals surface area contributed by atoms with Gasteiger partial charge in [-0.2, -0.15) is 0 Å². The van der Waals surface area contributed by atoms with E-state index in [4.69, 9.17) is 9.15 Å². The van der Waals surface area contributed by atoms with Crippen molar-refractivity contribution in [3.05, 3.63) is 53.2 Å². The molecule has 118 valence electrons. The molecule has 0 spiro atoms. The lowest BCUT2D eigenvalue weighted by Gasteiger charge is -2.10. The van der Waals surface area contributed by atoms with Crippen molar-refractivity contribution in [1.82, 2.24) is 4.98 Å². The molecule has 0 atom stereocenters. The van der Waals surface area contributed by atoms with Gasteiger partial charge in [-0.3, -0.25) is 4.79 Å². The van der Waals surface area contributed by atoms with E-state index in [1.807, 2.05) is 42.6 Å². The Morgan fingerprint density at radius 2 is 2.26 bits per heavy atom. The molecular formula is C17H16N2O3S. The van der Waals surface area contributed by atoms with Crippen LogP contribution < -0.4 is 10.1 Å². The maximum Gasteiger partial charge on any atom is 0.230 e. The third-order valence-corrected chi connectivity index (χ3v) is 4.16. The number of aromatic nitrogens is 1. The van der Waals surface area contributed by atoms with E-state index in [0.29, 0.717) is 22.9 Å². The molecule has 3 rings (SSSR count). The van der Waals surface area contributed by atoms with Gasteiger partial charge in [-0.15, -0.1) is 11.3 Å². The molecule has 0 radical (unpaired) electrons. The molecule has 0 aliphatic rings. The van der Waals surface area contributed by atoms with E-state index < -0.39 is 0 Å². The van der Waals surface area contributed by atoms with Crippen LogP contribution in [0.4, 0.5) is 5.69 Å². The first kappa shape index (κ1) is 15.3. The average Bonchev–Trinajstić information content (AvgIpc) is 3.18. The summed E-state index contributed by atoms with van der Waals surface area (Å²) in [5.41, 5.74) is 2.43. The number of nitrogens with one attached hydrogen (secondary N) is 1. The van der Waals surface area contributed by atoms with Gasteiger partial charge in [-0.05, 0) is 36.8 Å². The fourth-order valence-electron chi connectivity index (χ4n) is 2.18. The first-order chi connectivity index (χ1) is 11.2. The van der Waals surface area contributed by atoms with Crippen LogP contribution in [0.2, 0.25) is 0 Å². The second-order valence-electron chi connectivity index (χ2n) is 5.05. The number of hydrogen-bond acceptors (Lipinski definition) is 5. The van der Waals surface area contributed by atoms with Crippen LogP contribution in [0.1, 0.15) is 11.3 Å². The molecule has 0 bridgehead atoms. The smallest absolute Gasteiger partial charge is 0.230 e. The van der Waals surface area contributed by atoms with E-state index in [9.17, 15) is 4.79 Å². The van der Waals surface area contributed by atoms with Crippen molar-refractivity contribution in [3.8, 4) is 16.5 Å². The largest absolute Gasteiger partial charge is 0.495 e. The molecule has 6 heteroatoms. The Hall–Kier alpha value is -2.60. The zero-order valence-electron chi connectivity index (χ0n) is 12.8. The Labute approximate surface area is 137 Å². The second kappa shape index (κ2) is 6.66.